The normalized spacial score (nSPS) is 13.3. The van der Waals surface area contributed by atoms with Gasteiger partial charge < -0.3 is 19.5 Å². The smallest absolute Gasteiger partial charge is 0.297 e. The van der Waals surface area contributed by atoms with Gasteiger partial charge in [0.1, 0.15) is 6.26 Å². The van der Waals surface area contributed by atoms with E-state index < -0.39 is 0 Å². The van der Waals surface area contributed by atoms with E-state index in [1.165, 1.54) is 0 Å². The predicted molar refractivity (Wildman–Crippen MR) is 79.5 cm³/mol. The van der Waals surface area contributed by atoms with Crippen LogP contribution in [0, 0.1) is 0 Å². The van der Waals surface area contributed by atoms with Crippen molar-refractivity contribution in [2.75, 3.05) is 32.1 Å². The van der Waals surface area contributed by atoms with Crippen LogP contribution in [0.2, 0.25) is 0 Å². The summed E-state index contributed by atoms with van der Waals surface area (Å²) >= 11 is 0. The van der Waals surface area contributed by atoms with Gasteiger partial charge in [-0.25, -0.2) is 0 Å². The van der Waals surface area contributed by atoms with Crippen LogP contribution in [-0.2, 0) is 6.54 Å². The Morgan fingerprint density at radius 3 is 2.53 bits per heavy atom. The lowest BCUT2D eigenvalue weighted by Gasteiger charge is -2.28. The first-order valence-corrected chi connectivity index (χ1v) is 7.03. The van der Waals surface area contributed by atoms with Crippen molar-refractivity contribution in [1.29, 1.82) is 0 Å². The number of rotatable bonds is 8. The maximum Gasteiger partial charge on any atom is 0.297 e. The fourth-order valence-corrected chi connectivity index (χ4v) is 2.08. The van der Waals surface area contributed by atoms with Crippen LogP contribution < -0.4 is 10.2 Å². The predicted octanol–water partition coefficient (Wildman–Crippen LogP) is 1.95. The van der Waals surface area contributed by atoms with Crippen molar-refractivity contribution in [3.8, 4) is 0 Å². The number of hydrogen-bond acceptors (Lipinski definition) is 5. The number of nitrogens with zero attached hydrogens (tertiary/aromatic N) is 3. The van der Waals surface area contributed by atoms with Crippen molar-refractivity contribution in [3.63, 3.8) is 0 Å². The molecule has 1 heterocycles. The number of nitrogens with one attached hydrogen (secondary N) is 1. The highest BCUT2D eigenvalue weighted by atomic mass is 16.4. The summed E-state index contributed by atoms with van der Waals surface area (Å²) in [5.74, 6) is 0. The Kier molecular flexibility index (Phi) is 6.31. The van der Waals surface area contributed by atoms with Crippen LogP contribution in [0.3, 0.4) is 0 Å². The van der Waals surface area contributed by atoms with E-state index in [0.29, 0.717) is 12.1 Å². The van der Waals surface area contributed by atoms with Crippen LogP contribution in [0.25, 0.3) is 0 Å². The summed E-state index contributed by atoms with van der Waals surface area (Å²) in [4.78, 5) is 8.93. The Labute approximate surface area is 117 Å². The first-order chi connectivity index (χ1) is 8.93. The molecule has 0 amide bonds. The van der Waals surface area contributed by atoms with Crippen LogP contribution >= 0.6 is 0 Å². The first kappa shape index (κ1) is 16.0. The molecule has 0 aromatic carbocycles. The fourth-order valence-electron chi connectivity index (χ4n) is 2.08. The summed E-state index contributed by atoms with van der Waals surface area (Å²) < 4.78 is 5.61. The molecule has 5 heteroatoms. The van der Waals surface area contributed by atoms with Crippen molar-refractivity contribution in [2.24, 2.45) is 0 Å². The second kappa shape index (κ2) is 7.50. The molecule has 0 aliphatic rings. The van der Waals surface area contributed by atoms with E-state index in [-0.39, 0.29) is 0 Å². The molecule has 1 atom stereocenters. The van der Waals surface area contributed by atoms with Crippen LogP contribution in [0.1, 0.15) is 33.4 Å². The zero-order chi connectivity index (χ0) is 14.4. The molecule has 0 aliphatic heterocycles. The standard InChI is InChI=1S/C14H28N4O/c1-7-18(12(4)9-17(5)6)14-16-13(10-19-14)8-15-11(2)3/h10-12,15H,7-9H2,1-6H3. The lowest BCUT2D eigenvalue weighted by Crippen LogP contribution is -2.40. The van der Waals surface area contributed by atoms with E-state index in [1.807, 2.05) is 0 Å². The van der Waals surface area contributed by atoms with E-state index in [2.05, 4.69) is 61.9 Å². The first-order valence-electron chi connectivity index (χ1n) is 7.03. The Balaban J connectivity index is 2.66. The molecule has 1 rings (SSSR count). The SMILES string of the molecule is CCN(c1nc(CNC(C)C)co1)C(C)CN(C)C. The molecule has 0 saturated carbocycles. The van der Waals surface area contributed by atoms with Crippen molar-refractivity contribution in [1.82, 2.24) is 15.2 Å². The third kappa shape index (κ3) is 5.20. The van der Waals surface area contributed by atoms with Gasteiger partial charge in [0.05, 0.1) is 5.69 Å². The number of oxazole rings is 1. The highest BCUT2D eigenvalue weighted by molar-refractivity contribution is 5.28. The molecule has 1 aromatic rings. The van der Waals surface area contributed by atoms with E-state index in [0.717, 1.165) is 31.3 Å². The average molecular weight is 268 g/mol. The molecule has 0 spiro atoms. The van der Waals surface area contributed by atoms with Crippen molar-refractivity contribution < 1.29 is 4.42 Å². The Hall–Kier alpha value is -1.07. The number of aromatic nitrogens is 1. The topological polar surface area (TPSA) is 44.5 Å². The Bertz CT molecular complexity index is 362. The molecular formula is C14H28N4O. The van der Waals surface area contributed by atoms with Gasteiger partial charge in [-0.3, -0.25) is 0 Å². The lowest BCUT2D eigenvalue weighted by molar-refractivity contribution is 0.363. The second-order valence-corrected chi connectivity index (χ2v) is 5.55. The maximum atomic E-state index is 5.61. The molecule has 5 nitrogen and oxygen atoms in total. The lowest BCUT2D eigenvalue weighted by atomic mass is 10.3. The van der Waals surface area contributed by atoms with Gasteiger partial charge in [-0.2, -0.15) is 4.98 Å². The Morgan fingerprint density at radius 2 is 2.00 bits per heavy atom. The van der Waals surface area contributed by atoms with Crippen LogP contribution in [-0.4, -0.2) is 49.2 Å². The fraction of sp³-hybridized carbons (Fsp3) is 0.786. The molecule has 1 aromatic heterocycles. The maximum absolute atomic E-state index is 5.61. The molecule has 0 aliphatic carbocycles. The van der Waals surface area contributed by atoms with Gasteiger partial charge in [-0.05, 0) is 27.9 Å². The van der Waals surface area contributed by atoms with Crippen LogP contribution in [0.4, 0.5) is 6.01 Å². The van der Waals surface area contributed by atoms with Gasteiger partial charge >= 0.3 is 0 Å². The number of anilines is 1. The zero-order valence-electron chi connectivity index (χ0n) is 13.1. The summed E-state index contributed by atoms with van der Waals surface area (Å²) in [6.07, 6.45) is 1.75. The van der Waals surface area contributed by atoms with E-state index >= 15 is 0 Å². The van der Waals surface area contributed by atoms with Crippen LogP contribution in [0.5, 0.6) is 0 Å². The Morgan fingerprint density at radius 1 is 1.32 bits per heavy atom. The molecule has 1 unspecified atom stereocenters. The third-order valence-corrected chi connectivity index (χ3v) is 2.98. The second-order valence-electron chi connectivity index (χ2n) is 5.55. The van der Waals surface area contributed by atoms with Gasteiger partial charge in [0.2, 0.25) is 0 Å². The number of hydrogen-bond donors (Lipinski definition) is 1. The minimum absolute atomic E-state index is 0.379. The van der Waals surface area contributed by atoms with Gasteiger partial charge in [0.15, 0.2) is 0 Å². The zero-order valence-corrected chi connectivity index (χ0v) is 13.1. The average Bonchev–Trinajstić information content (AvgIpc) is 2.75. The van der Waals surface area contributed by atoms with E-state index in [1.54, 1.807) is 6.26 Å². The minimum atomic E-state index is 0.379. The molecule has 1 N–H and O–H groups in total. The monoisotopic (exact) mass is 268 g/mol. The summed E-state index contributed by atoms with van der Waals surface area (Å²) in [6, 6.07) is 1.55. The molecule has 0 fully saturated rings. The quantitative estimate of drug-likeness (QED) is 0.780. The molecule has 0 saturated heterocycles. The van der Waals surface area contributed by atoms with Gasteiger partial charge in [-0.15, -0.1) is 0 Å². The minimum Gasteiger partial charge on any atom is -0.432 e. The summed E-state index contributed by atoms with van der Waals surface area (Å²) in [5, 5.41) is 3.34. The third-order valence-electron chi connectivity index (χ3n) is 2.98. The van der Waals surface area contributed by atoms with E-state index in [9.17, 15) is 0 Å². The van der Waals surface area contributed by atoms with Crippen molar-refractivity contribution in [2.45, 2.75) is 46.3 Å². The highest BCUT2D eigenvalue weighted by Gasteiger charge is 2.18. The number of likely N-dealkylation sites (N-methyl/N-ethyl adjacent to an activating group) is 2. The van der Waals surface area contributed by atoms with Gasteiger partial charge in [0, 0.05) is 31.7 Å². The summed E-state index contributed by atoms with van der Waals surface area (Å²) in [5.41, 5.74) is 0.958. The molecular weight excluding hydrogens is 240 g/mol. The highest BCUT2D eigenvalue weighted by Crippen LogP contribution is 2.16. The van der Waals surface area contributed by atoms with Crippen LogP contribution in [0.15, 0.2) is 10.7 Å². The molecule has 110 valence electrons. The van der Waals surface area contributed by atoms with Crippen molar-refractivity contribution >= 4 is 6.01 Å². The summed E-state index contributed by atoms with van der Waals surface area (Å²) in [7, 11) is 4.16. The van der Waals surface area contributed by atoms with Gasteiger partial charge in [0.25, 0.3) is 6.01 Å². The molecule has 0 bridgehead atoms. The van der Waals surface area contributed by atoms with Crippen molar-refractivity contribution in [3.05, 3.63) is 12.0 Å². The molecule has 0 radical (unpaired) electrons. The molecule has 19 heavy (non-hydrogen) atoms. The summed E-state index contributed by atoms with van der Waals surface area (Å²) in [6.45, 7) is 11.2. The van der Waals surface area contributed by atoms with Gasteiger partial charge in [-0.1, -0.05) is 13.8 Å². The van der Waals surface area contributed by atoms with E-state index in [4.69, 9.17) is 4.42 Å². The largest absolute Gasteiger partial charge is 0.432 e.